The van der Waals surface area contributed by atoms with E-state index in [9.17, 15) is 20.0 Å². The molecule has 1 aromatic rings. The average molecular weight is 330 g/mol. The first-order valence-corrected chi connectivity index (χ1v) is 6.55. The van der Waals surface area contributed by atoms with Crippen LogP contribution in [0.5, 0.6) is 0 Å². The number of hydrogen-bond acceptors (Lipinski definition) is 5. The van der Waals surface area contributed by atoms with Crippen LogP contribution in [0.2, 0.25) is 0 Å². The van der Waals surface area contributed by atoms with Crippen molar-refractivity contribution in [2.45, 2.75) is 31.2 Å². The van der Waals surface area contributed by atoms with Gasteiger partial charge in [0.2, 0.25) is 0 Å². The highest BCUT2D eigenvalue weighted by molar-refractivity contribution is 9.10. The summed E-state index contributed by atoms with van der Waals surface area (Å²) in [7, 11) is 0. The molecule has 102 valence electrons. The van der Waals surface area contributed by atoms with Crippen LogP contribution in [0.25, 0.3) is 0 Å². The van der Waals surface area contributed by atoms with Gasteiger partial charge in [-0.2, -0.15) is 0 Å². The predicted octanol–water partition coefficient (Wildman–Crippen LogP) is 2.56. The van der Waals surface area contributed by atoms with E-state index in [4.69, 9.17) is 0 Å². The van der Waals surface area contributed by atoms with E-state index in [0.29, 0.717) is 23.1 Å². The lowest BCUT2D eigenvalue weighted by Gasteiger charge is -2.26. The summed E-state index contributed by atoms with van der Waals surface area (Å²) < 4.78 is 0.384. The quantitative estimate of drug-likeness (QED) is 0.649. The van der Waals surface area contributed by atoms with Gasteiger partial charge >= 0.3 is 5.97 Å². The monoisotopic (exact) mass is 329 g/mol. The Balaban J connectivity index is 2.28. The standard InChI is InChI=1S/C11H12BrN3O4/c12-8-5-7(15(18)19)6-13-9(8)14-11(10(16)17)3-1-2-4-11/h5-6H,1-4H2,(H,13,14)(H,16,17). The Bertz CT molecular complexity index is 529. The number of aromatic nitrogens is 1. The van der Waals surface area contributed by atoms with Crippen LogP contribution in [0, 0.1) is 10.1 Å². The minimum atomic E-state index is -1.02. The second-order valence-corrected chi connectivity index (χ2v) is 5.35. The number of carboxylic acid groups (broad SMARTS) is 1. The van der Waals surface area contributed by atoms with Gasteiger partial charge in [-0.15, -0.1) is 0 Å². The Morgan fingerprint density at radius 3 is 2.63 bits per heavy atom. The maximum Gasteiger partial charge on any atom is 0.329 e. The van der Waals surface area contributed by atoms with Gasteiger partial charge in [0, 0.05) is 6.07 Å². The lowest BCUT2D eigenvalue weighted by molar-refractivity contribution is -0.385. The molecule has 2 rings (SSSR count). The van der Waals surface area contributed by atoms with Crippen molar-refractivity contribution in [1.29, 1.82) is 0 Å². The molecule has 7 nitrogen and oxygen atoms in total. The van der Waals surface area contributed by atoms with Gasteiger partial charge in [0.05, 0.1) is 9.40 Å². The number of halogens is 1. The number of anilines is 1. The molecular weight excluding hydrogens is 318 g/mol. The number of pyridine rings is 1. The highest BCUT2D eigenvalue weighted by atomic mass is 79.9. The Morgan fingerprint density at radius 1 is 1.53 bits per heavy atom. The molecule has 1 fully saturated rings. The molecular formula is C11H12BrN3O4. The maximum absolute atomic E-state index is 11.4. The van der Waals surface area contributed by atoms with Crippen molar-refractivity contribution in [3.8, 4) is 0 Å². The van der Waals surface area contributed by atoms with Gasteiger partial charge in [-0.3, -0.25) is 10.1 Å². The number of hydrogen-bond donors (Lipinski definition) is 2. The van der Waals surface area contributed by atoms with E-state index >= 15 is 0 Å². The van der Waals surface area contributed by atoms with E-state index < -0.39 is 16.4 Å². The van der Waals surface area contributed by atoms with Crippen LogP contribution >= 0.6 is 15.9 Å². The van der Waals surface area contributed by atoms with Crippen molar-refractivity contribution in [2.24, 2.45) is 0 Å². The van der Waals surface area contributed by atoms with Crippen LogP contribution < -0.4 is 5.32 Å². The number of carboxylic acids is 1. The molecule has 0 unspecified atom stereocenters. The summed E-state index contributed by atoms with van der Waals surface area (Å²) in [4.78, 5) is 25.4. The van der Waals surface area contributed by atoms with Crippen LogP contribution in [-0.2, 0) is 4.79 Å². The molecule has 0 bridgehead atoms. The predicted molar refractivity (Wildman–Crippen MR) is 71.0 cm³/mol. The van der Waals surface area contributed by atoms with E-state index in [-0.39, 0.29) is 5.69 Å². The lowest BCUT2D eigenvalue weighted by atomic mass is 9.98. The molecule has 1 aromatic heterocycles. The summed E-state index contributed by atoms with van der Waals surface area (Å²) in [5, 5.41) is 22.9. The van der Waals surface area contributed by atoms with Gasteiger partial charge in [-0.05, 0) is 28.8 Å². The number of nitro groups is 1. The molecule has 0 saturated heterocycles. The van der Waals surface area contributed by atoms with Gasteiger partial charge in [0.15, 0.2) is 0 Å². The Hall–Kier alpha value is -1.70. The van der Waals surface area contributed by atoms with E-state index in [1.165, 1.54) is 6.07 Å². The van der Waals surface area contributed by atoms with Gasteiger partial charge in [0.25, 0.3) is 5.69 Å². The normalized spacial score (nSPS) is 17.1. The highest BCUT2D eigenvalue weighted by Gasteiger charge is 2.42. The van der Waals surface area contributed by atoms with Crippen LogP contribution in [0.1, 0.15) is 25.7 Å². The Kier molecular flexibility index (Phi) is 3.70. The second-order valence-electron chi connectivity index (χ2n) is 4.50. The van der Waals surface area contributed by atoms with Crippen LogP contribution in [0.3, 0.4) is 0 Å². The molecule has 1 aliphatic rings. The number of rotatable bonds is 4. The molecule has 0 aromatic carbocycles. The summed E-state index contributed by atoms with van der Waals surface area (Å²) in [6.07, 6.45) is 3.83. The smallest absolute Gasteiger partial charge is 0.329 e. The topological polar surface area (TPSA) is 105 Å². The lowest BCUT2D eigenvalue weighted by Crippen LogP contribution is -2.44. The second kappa shape index (κ2) is 5.12. The molecule has 1 heterocycles. The van der Waals surface area contributed by atoms with Crippen molar-refractivity contribution >= 4 is 33.4 Å². The number of carbonyl (C=O) groups is 1. The van der Waals surface area contributed by atoms with Crippen molar-refractivity contribution in [2.75, 3.05) is 5.32 Å². The largest absolute Gasteiger partial charge is 0.480 e. The number of aliphatic carboxylic acids is 1. The van der Waals surface area contributed by atoms with E-state index in [1.54, 1.807) is 0 Å². The number of nitrogens with zero attached hydrogens (tertiary/aromatic N) is 2. The summed E-state index contributed by atoms with van der Waals surface area (Å²) >= 11 is 3.17. The first-order valence-electron chi connectivity index (χ1n) is 5.76. The Labute approximate surface area is 117 Å². The van der Waals surface area contributed by atoms with Crippen LogP contribution in [-0.4, -0.2) is 26.5 Å². The fourth-order valence-corrected chi connectivity index (χ4v) is 2.65. The van der Waals surface area contributed by atoms with E-state index in [2.05, 4.69) is 26.2 Å². The zero-order chi connectivity index (χ0) is 14.0. The highest BCUT2D eigenvalue weighted by Crippen LogP contribution is 2.35. The Morgan fingerprint density at radius 2 is 2.16 bits per heavy atom. The molecule has 1 saturated carbocycles. The third-order valence-electron chi connectivity index (χ3n) is 3.26. The molecule has 0 amide bonds. The molecule has 1 aliphatic carbocycles. The van der Waals surface area contributed by atoms with Gasteiger partial charge in [-0.1, -0.05) is 12.8 Å². The minimum absolute atomic E-state index is 0.145. The first kappa shape index (κ1) is 13.7. The zero-order valence-electron chi connectivity index (χ0n) is 9.93. The molecule has 0 spiro atoms. The maximum atomic E-state index is 11.4. The third-order valence-corrected chi connectivity index (χ3v) is 3.87. The van der Waals surface area contributed by atoms with Gasteiger partial charge in [0.1, 0.15) is 17.6 Å². The molecule has 0 radical (unpaired) electrons. The fraction of sp³-hybridized carbons (Fsp3) is 0.455. The third kappa shape index (κ3) is 2.67. The summed E-state index contributed by atoms with van der Waals surface area (Å²) in [5.74, 6) is -0.605. The van der Waals surface area contributed by atoms with Crippen molar-refractivity contribution < 1.29 is 14.8 Å². The van der Waals surface area contributed by atoms with Gasteiger partial charge in [-0.25, -0.2) is 9.78 Å². The van der Waals surface area contributed by atoms with Crippen LogP contribution in [0.4, 0.5) is 11.5 Å². The molecule has 0 aliphatic heterocycles. The summed E-state index contributed by atoms with van der Waals surface area (Å²) in [6.45, 7) is 0. The zero-order valence-corrected chi connectivity index (χ0v) is 11.5. The fourth-order valence-electron chi connectivity index (χ4n) is 2.22. The summed E-state index contributed by atoms with van der Waals surface area (Å²) in [5.41, 5.74) is -1.17. The molecule has 0 atom stereocenters. The minimum Gasteiger partial charge on any atom is -0.480 e. The molecule has 19 heavy (non-hydrogen) atoms. The summed E-state index contributed by atoms with van der Waals surface area (Å²) in [6, 6.07) is 1.31. The van der Waals surface area contributed by atoms with Gasteiger partial charge < -0.3 is 10.4 Å². The van der Waals surface area contributed by atoms with E-state index in [0.717, 1.165) is 19.0 Å². The van der Waals surface area contributed by atoms with Crippen molar-refractivity contribution in [3.63, 3.8) is 0 Å². The SMILES string of the molecule is O=C(O)C1(Nc2ncc([N+](=O)[O-])cc2Br)CCCC1. The van der Waals surface area contributed by atoms with E-state index in [1.807, 2.05) is 0 Å². The van der Waals surface area contributed by atoms with Crippen LogP contribution in [0.15, 0.2) is 16.7 Å². The van der Waals surface area contributed by atoms with Crippen molar-refractivity contribution in [3.05, 3.63) is 26.9 Å². The first-order chi connectivity index (χ1) is 8.94. The van der Waals surface area contributed by atoms with Crippen molar-refractivity contribution in [1.82, 2.24) is 4.98 Å². The average Bonchev–Trinajstić information content (AvgIpc) is 2.81. The number of nitrogens with one attached hydrogen (secondary N) is 1. The molecule has 2 N–H and O–H groups in total. The molecule has 8 heteroatoms.